The second-order valence-electron chi connectivity index (χ2n) is 6.27. The molecule has 0 aromatic rings. The molecule has 4 nitrogen and oxygen atoms in total. The van der Waals surface area contributed by atoms with Gasteiger partial charge < -0.3 is 16.0 Å². The average molecular weight is 241 g/mol. The van der Waals surface area contributed by atoms with E-state index in [1.165, 1.54) is 0 Å². The molecule has 3 N–H and O–H groups in total. The highest BCUT2D eigenvalue weighted by Gasteiger charge is 2.27. The first-order valence-electron chi connectivity index (χ1n) is 6.60. The maximum Gasteiger partial charge on any atom is 0.317 e. The summed E-state index contributed by atoms with van der Waals surface area (Å²) in [6, 6.07) is 0.0802. The van der Waals surface area contributed by atoms with Gasteiger partial charge in [0.1, 0.15) is 0 Å². The molecule has 1 aliphatic rings. The number of nitrogens with one attached hydrogen (secondary N) is 1. The zero-order valence-electron chi connectivity index (χ0n) is 11.6. The van der Waals surface area contributed by atoms with Crippen molar-refractivity contribution in [1.82, 2.24) is 10.2 Å². The molecule has 0 aliphatic carbocycles. The molecule has 4 heteroatoms. The molecule has 1 unspecified atom stereocenters. The van der Waals surface area contributed by atoms with Crippen LogP contribution in [-0.4, -0.2) is 36.6 Å². The van der Waals surface area contributed by atoms with Crippen LogP contribution in [-0.2, 0) is 0 Å². The number of hydrogen-bond acceptors (Lipinski definition) is 2. The molecule has 1 atom stereocenters. The zero-order chi connectivity index (χ0) is 13.1. The summed E-state index contributed by atoms with van der Waals surface area (Å²) in [5, 5.41) is 3.05. The Hall–Kier alpha value is -0.770. The van der Waals surface area contributed by atoms with Crippen LogP contribution < -0.4 is 11.1 Å². The number of likely N-dealkylation sites (tertiary alicyclic amines) is 1. The second kappa shape index (κ2) is 5.71. The Bertz CT molecular complexity index is 252. The van der Waals surface area contributed by atoms with Gasteiger partial charge in [0.25, 0.3) is 0 Å². The van der Waals surface area contributed by atoms with E-state index in [1.54, 1.807) is 0 Å². The largest absolute Gasteiger partial charge is 0.333 e. The number of nitrogens with two attached hydrogens (primary N) is 1. The van der Waals surface area contributed by atoms with Crippen molar-refractivity contribution in [3.05, 3.63) is 0 Å². The van der Waals surface area contributed by atoms with Crippen LogP contribution in [0.3, 0.4) is 0 Å². The number of rotatable bonds is 2. The molecule has 0 aromatic heterocycles. The van der Waals surface area contributed by atoms with E-state index in [9.17, 15) is 4.79 Å². The molecule has 0 aromatic carbocycles. The van der Waals surface area contributed by atoms with E-state index in [1.807, 2.05) is 4.90 Å². The highest BCUT2D eigenvalue weighted by Crippen LogP contribution is 2.20. The summed E-state index contributed by atoms with van der Waals surface area (Å²) in [5.74, 6) is 0.743. The quantitative estimate of drug-likeness (QED) is 0.774. The van der Waals surface area contributed by atoms with Gasteiger partial charge in [0, 0.05) is 25.7 Å². The first-order chi connectivity index (χ1) is 7.84. The third kappa shape index (κ3) is 4.19. The molecule has 100 valence electrons. The highest BCUT2D eigenvalue weighted by molar-refractivity contribution is 5.74. The lowest BCUT2D eigenvalue weighted by molar-refractivity contribution is 0.160. The van der Waals surface area contributed by atoms with Crippen molar-refractivity contribution >= 4 is 6.03 Å². The van der Waals surface area contributed by atoms with E-state index in [-0.39, 0.29) is 17.5 Å². The molecule has 0 bridgehead atoms. The maximum atomic E-state index is 12.1. The van der Waals surface area contributed by atoms with Crippen LogP contribution in [0, 0.1) is 11.3 Å². The van der Waals surface area contributed by atoms with E-state index in [4.69, 9.17) is 5.73 Å². The Morgan fingerprint density at radius 1 is 1.41 bits per heavy atom. The van der Waals surface area contributed by atoms with Crippen molar-refractivity contribution in [2.24, 2.45) is 17.1 Å². The number of urea groups is 1. The Balaban J connectivity index is 2.48. The van der Waals surface area contributed by atoms with Crippen molar-refractivity contribution < 1.29 is 4.79 Å². The Morgan fingerprint density at radius 2 is 1.94 bits per heavy atom. The summed E-state index contributed by atoms with van der Waals surface area (Å²) < 4.78 is 0. The Morgan fingerprint density at radius 3 is 2.35 bits per heavy atom. The van der Waals surface area contributed by atoms with Gasteiger partial charge in [-0.05, 0) is 24.2 Å². The van der Waals surface area contributed by atoms with Crippen molar-refractivity contribution in [2.75, 3.05) is 19.6 Å². The molecule has 0 saturated carbocycles. The molecular formula is C13H27N3O. The lowest BCUT2D eigenvalue weighted by Gasteiger charge is -2.35. The molecular weight excluding hydrogens is 214 g/mol. The molecule has 0 spiro atoms. The fraction of sp³-hybridized carbons (Fsp3) is 0.923. The van der Waals surface area contributed by atoms with Crippen molar-refractivity contribution in [3.63, 3.8) is 0 Å². The van der Waals surface area contributed by atoms with Crippen LogP contribution in [0.1, 0.15) is 40.5 Å². The summed E-state index contributed by atoms with van der Waals surface area (Å²) in [7, 11) is 0. The first kappa shape index (κ1) is 14.3. The number of nitrogens with zero attached hydrogens (tertiary/aromatic N) is 1. The Kier molecular flexibility index (Phi) is 4.80. The topological polar surface area (TPSA) is 58.4 Å². The van der Waals surface area contributed by atoms with E-state index >= 15 is 0 Å². The fourth-order valence-electron chi connectivity index (χ4n) is 2.08. The number of carbonyl (C=O) groups is 1. The van der Waals surface area contributed by atoms with Gasteiger partial charge >= 0.3 is 6.03 Å². The standard InChI is InChI=1S/C13H27N3O/c1-10-5-7-16(8-6-10)12(17)15-11(9-14)13(2,3)4/h10-11H,5-9,14H2,1-4H3,(H,15,17). The molecule has 0 radical (unpaired) electrons. The minimum Gasteiger partial charge on any atom is -0.333 e. The van der Waals surface area contributed by atoms with Crippen LogP contribution in [0.5, 0.6) is 0 Å². The number of amides is 2. The van der Waals surface area contributed by atoms with Gasteiger partial charge in [-0.25, -0.2) is 4.79 Å². The van der Waals surface area contributed by atoms with Gasteiger partial charge in [0.05, 0.1) is 0 Å². The van der Waals surface area contributed by atoms with Crippen molar-refractivity contribution in [1.29, 1.82) is 0 Å². The third-order valence-electron chi connectivity index (χ3n) is 3.65. The minimum atomic E-state index is 0.00743. The molecule has 1 saturated heterocycles. The summed E-state index contributed by atoms with van der Waals surface area (Å²) in [5.41, 5.74) is 5.73. The predicted octanol–water partition coefficient (Wildman–Crippen LogP) is 1.80. The highest BCUT2D eigenvalue weighted by atomic mass is 16.2. The summed E-state index contributed by atoms with van der Waals surface area (Å²) in [6.07, 6.45) is 2.21. The number of piperidine rings is 1. The lowest BCUT2D eigenvalue weighted by atomic mass is 9.87. The molecule has 2 amide bonds. The zero-order valence-corrected chi connectivity index (χ0v) is 11.6. The van der Waals surface area contributed by atoms with Gasteiger partial charge in [-0.15, -0.1) is 0 Å². The van der Waals surface area contributed by atoms with Crippen molar-refractivity contribution in [3.8, 4) is 0 Å². The van der Waals surface area contributed by atoms with Gasteiger partial charge in [-0.3, -0.25) is 0 Å². The lowest BCUT2D eigenvalue weighted by Crippen LogP contribution is -2.54. The molecule has 1 rings (SSSR count). The van der Waals surface area contributed by atoms with E-state index in [2.05, 4.69) is 33.0 Å². The van der Waals surface area contributed by atoms with E-state index in [0.29, 0.717) is 6.54 Å². The monoisotopic (exact) mass is 241 g/mol. The van der Waals surface area contributed by atoms with Crippen LogP contribution in [0.4, 0.5) is 4.79 Å². The summed E-state index contributed by atoms with van der Waals surface area (Å²) in [6.45, 7) is 10.8. The minimum absolute atomic E-state index is 0.00743. The first-order valence-corrected chi connectivity index (χ1v) is 6.60. The Labute approximate surface area is 105 Å². The fourth-order valence-corrected chi connectivity index (χ4v) is 2.08. The number of carbonyl (C=O) groups excluding carboxylic acids is 1. The van der Waals surface area contributed by atoms with Gasteiger partial charge in [0.2, 0.25) is 0 Å². The SMILES string of the molecule is CC1CCN(C(=O)NC(CN)C(C)(C)C)CC1. The van der Waals surface area contributed by atoms with Crippen LogP contribution in [0.15, 0.2) is 0 Å². The van der Waals surface area contributed by atoms with Crippen molar-refractivity contribution in [2.45, 2.75) is 46.6 Å². The van der Waals surface area contributed by atoms with Gasteiger partial charge in [0.15, 0.2) is 0 Å². The molecule has 1 fully saturated rings. The van der Waals surface area contributed by atoms with E-state index in [0.717, 1.165) is 31.8 Å². The summed E-state index contributed by atoms with van der Waals surface area (Å²) >= 11 is 0. The normalized spacial score (nSPS) is 20.2. The third-order valence-corrected chi connectivity index (χ3v) is 3.65. The van der Waals surface area contributed by atoms with Gasteiger partial charge in [-0.1, -0.05) is 27.7 Å². The smallest absolute Gasteiger partial charge is 0.317 e. The molecule has 17 heavy (non-hydrogen) atoms. The van der Waals surface area contributed by atoms with Crippen LogP contribution in [0.2, 0.25) is 0 Å². The molecule has 1 heterocycles. The van der Waals surface area contributed by atoms with Gasteiger partial charge in [-0.2, -0.15) is 0 Å². The maximum absolute atomic E-state index is 12.1. The van der Waals surface area contributed by atoms with Crippen LogP contribution in [0.25, 0.3) is 0 Å². The summed E-state index contributed by atoms with van der Waals surface area (Å²) in [4.78, 5) is 14.0. The predicted molar refractivity (Wildman–Crippen MR) is 70.8 cm³/mol. The van der Waals surface area contributed by atoms with Crippen LogP contribution >= 0.6 is 0 Å². The average Bonchev–Trinajstić information content (AvgIpc) is 2.24. The molecule has 1 aliphatic heterocycles. The van der Waals surface area contributed by atoms with E-state index < -0.39 is 0 Å². The number of hydrogen-bond donors (Lipinski definition) is 2. The second-order valence-corrected chi connectivity index (χ2v) is 6.27.